The van der Waals surface area contributed by atoms with Crippen molar-refractivity contribution in [3.63, 3.8) is 0 Å². The van der Waals surface area contributed by atoms with Gasteiger partial charge >= 0.3 is 21.3 Å². The van der Waals surface area contributed by atoms with Crippen LogP contribution in [-0.4, -0.2) is 37.5 Å². The number of halogens is 2. The molecule has 30 heavy (non-hydrogen) atoms. The lowest BCUT2D eigenvalue weighted by molar-refractivity contribution is -0.142. The Morgan fingerprint density at radius 2 is 1.57 bits per heavy atom. The Balaban J connectivity index is 1.42. The van der Waals surface area contributed by atoms with Gasteiger partial charge in [-0.1, -0.05) is 29.8 Å². The number of nitrogens with one attached hydrogen (secondary N) is 1. The Morgan fingerprint density at radius 3 is 2.07 bits per heavy atom. The number of benzene rings is 1. The molecule has 4 bridgehead atoms. The third kappa shape index (κ3) is 3.89. The SMILES string of the molecule is Cc1ccc(C(=O)COS(=O)(=O)C(F)(F)C(=O)NC23CC4C[C@H](C2)C[C@@H](C4)C3)cc1. The lowest BCUT2D eigenvalue weighted by atomic mass is 9.53. The second-order valence-electron chi connectivity index (χ2n) is 9.17. The number of aryl methyl sites for hydroxylation is 1. The minimum atomic E-state index is -5.62. The fourth-order valence-electron chi connectivity index (χ4n) is 5.72. The van der Waals surface area contributed by atoms with E-state index in [0.29, 0.717) is 37.0 Å². The molecule has 9 heteroatoms. The molecule has 4 fully saturated rings. The van der Waals surface area contributed by atoms with E-state index in [4.69, 9.17) is 0 Å². The molecule has 0 aliphatic heterocycles. The first-order valence-corrected chi connectivity index (χ1v) is 11.6. The lowest BCUT2D eigenvalue weighted by Gasteiger charge is -2.57. The van der Waals surface area contributed by atoms with Crippen LogP contribution >= 0.6 is 0 Å². The third-order valence-corrected chi connectivity index (χ3v) is 7.96. The zero-order valence-electron chi connectivity index (χ0n) is 16.7. The van der Waals surface area contributed by atoms with Crippen LogP contribution in [0, 0.1) is 24.7 Å². The summed E-state index contributed by atoms with van der Waals surface area (Å²) < 4.78 is 57.6. The molecule has 1 N–H and O–H groups in total. The number of alkyl halides is 2. The number of hydrogen-bond donors (Lipinski definition) is 1. The highest BCUT2D eigenvalue weighted by atomic mass is 32.2. The highest BCUT2D eigenvalue weighted by Gasteiger charge is 2.58. The maximum atomic E-state index is 14.5. The summed E-state index contributed by atoms with van der Waals surface area (Å²) in [5.74, 6) is -1.46. The predicted octanol–water partition coefficient (Wildman–Crippen LogP) is 3.20. The minimum absolute atomic E-state index is 0.136. The fraction of sp³-hybridized carbons (Fsp3) is 0.619. The molecular weight excluding hydrogens is 416 g/mol. The highest BCUT2D eigenvalue weighted by Crippen LogP contribution is 2.55. The Hall–Kier alpha value is -1.87. The first-order valence-electron chi connectivity index (χ1n) is 10.2. The van der Waals surface area contributed by atoms with Crippen molar-refractivity contribution >= 4 is 21.8 Å². The van der Waals surface area contributed by atoms with Gasteiger partial charge in [0, 0.05) is 11.1 Å². The lowest BCUT2D eigenvalue weighted by Crippen LogP contribution is -2.63. The molecular formula is C21H25F2NO5S. The molecule has 0 spiro atoms. The summed E-state index contributed by atoms with van der Waals surface area (Å²) in [5, 5.41) is -2.41. The molecule has 0 saturated heterocycles. The fourth-order valence-corrected chi connectivity index (χ4v) is 6.41. The van der Waals surface area contributed by atoms with Gasteiger partial charge in [0.05, 0.1) is 0 Å². The van der Waals surface area contributed by atoms with Crippen LogP contribution in [0.2, 0.25) is 0 Å². The van der Waals surface area contributed by atoms with Crippen LogP contribution < -0.4 is 5.32 Å². The Kier molecular flexibility index (Phi) is 5.25. The highest BCUT2D eigenvalue weighted by molar-refractivity contribution is 7.88. The zero-order valence-corrected chi connectivity index (χ0v) is 17.5. The van der Waals surface area contributed by atoms with Crippen LogP contribution in [0.5, 0.6) is 0 Å². The number of amides is 1. The van der Waals surface area contributed by atoms with E-state index in [1.165, 1.54) is 12.1 Å². The average Bonchev–Trinajstić information content (AvgIpc) is 2.65. The van der Waals surface area contributed by atoms with Gasteiger partial charge < -0.3 is 5.32 Å². The standard InChI is InChI=1S/C21H25F2NO5S/c1-13-2-4-17(5-3-13)18(25)12-29-30(27,28)21(22,23)19(26)24-20-9-14-6-15(10-20)8-16(7-14)11-20/h2-5,14-16H,6-12H2,1H3,(H,24,26)/t14-,15+,16?,20?. The average molecular weight is 441 g/mol. The van der Waals surface area contributed by atoms with Gasteiger partial charge in [0.1, 0.15) is 6.61 Å². The molecule has 0 aromatic heterocycles. The molecule has 164 valence electrons. The summed E-state index contributed by atoms with van der Waals surface area (Å²) >= 11 is 0. The molecule has 1 amide bonds. The summed E-state index contributed by atoms with van der Waals surface area (Å²) in [6.07, 6.45) is 4.96. The van der Waals surface area contributed by atoms with E-state index in [1.807, 2.05) is 0 Å². The van der Waals surface area contributed by atoms with Crippen molar-refractivity contribution in [1.82, 2.24) is 5.32 Å². The first-order chi connectivity index (χ1) is 14.0. The van der Waals surface area contributed by atoms with Gasteiger partial charge in [-0.15, -0.1) is 0 Å². The first kappa shape index (κ1) is 21.4. The number of hydrogen-bond acceptors (Lipinski definition) is 5. The smallest absolute Gasteiger partial charge is 0.344 e. The molecule has 1 aromatic carbocycles. The van der Waals surface area contributed by atoms with Crippen molar-refractivity contribution in [3.8, 4) is 0 Å². The number of carbonyl (C=O) groups excluding carboxylic acids is 2. The number of ketones is 1. The van der Waals surface area contributed by atoms with Crippen molar-refractivity contribution in [2.75, 3.05) is 6.61 Å². The quantitative estimate of drug-likeness (QED) is 0.519. The Morgan fingerprint density at radius 1 is 1.07 bits per heavy atom. The summed E-state index contributed by atoms with van der Waals surface area (Å²) in [5.41, 5.74) is 0.257. The summed E-state index contributed by atoms with van der Waals surface area (Å²) in [6.45, 7) is 0.712. The number of rotatable bonds is 7. The number of Topliss-reactive ketones (excluding diaryl/α,β-unsaturated/α-hetero) is 1. The van der Waals surface area contributed by atoms with Gasteiger partial charge in [-0.05, 0) is 63.2 Å². The van der Waals surface area contributed by atoms with Crippen molar-refractivity contribution in [1.29, 1.82) is 0 Å². The number of carbonyl (C=O) groups is 2. The molecule has 0 unspecified atom stereocenters. The van der Waals surface area contributed by atoms with Crippen molar-refractivity contribution in [2.45, 2.75) is 56.2 Å². The molecule has 1 aromatic rings. The van der Waals surface area contributed by atoms with Crippen LogP contribution in [0.15, 0.2) is 24.3 Å². The van der Waals surface area contributed by atoms with E-state index in [9.17, 15) is 26.8 Å². The summed E-state index contributed by atoms with van der Waals surface area (Å²) in [7, 11) is -5.62. The van der Waals surface area contributed by atoms with E-state index < -0.39 is 39.2 Å². The van der Waals surface area contributed by atoms with Crippen molar-refractivity contribution in [3.05, 3.63) is 35.4 Å². The second kappa shape index (κ2) is 7.37. The van der Waals surface area contributed by atoms with Crippen LogP contribution in [0.1, 0.15) is 54.4 Å². The van der Waals surface area contributed by atoms with Crippen molar-refractivity contribution < 1.29 is 31.0 Å². The predicted molar refractivity (Wildman–Crippen MR) is 104 cm³/mol. The summed E-state index contributed by atoms with van der Waals surface area (Å²) in [6, 6.07) is 6.17. The molecule has 0 atom stereocenters. The van der Waals surface area contributed by atoms with Gasteiger partial charge in [0.15, 0.2) is 5.78 Å². The van der Waals surface area contributed by atoms with E-state index in [1.54, 1.807) is 19.1 Å². The van der Waals surface area contributed by atoms with Gasteiger partial charge in [-0.2, -0.15) is 17.2 Å². The second-order valence-corrected chi connectivity index (χ2v) is 10.8. The molecule has 0 heterocycles. The van der Waals surface area contributed by atoms with Crippen LogP contribution in [0.4, 0.5) is 8.78 Å². The van der Waals surface area contributed by atoms with E-state index in [-0.39, 0.29) is 5.56 Å². The molecule has 4 saturated carbocycles. The van der Waals surface area contributed by atoms with Gasteiger partial charge in [0.25, 0.3) is 0 Å². The van der Waals surface area contributed by atoms with Crippen LogP contribution in [0.25, 0.3) is 0 Å². The van der Waals surface area contributed by atoms with Crippen LogP contribution in [0.3, 0.4) is 0 Å². The Labute approximate surface area is 174 Å². The Bertz CT molecular complexity index is 923. The maximum Gasteiger partial charge on any atom is 0.446 e. The largest absolute Gasteiger partial charge is 0.446 e. The minimum Gasteiger partial charge on any atom is -0.344 e. The van der Waals surface area contributed by atoms with E-state index in [2.05, 4.69) is 9.50 Å². The monoisotopic (exact) mass is 441 g/mol. The van der Waals surface area contributed by atoms with Gasteiger partial charge in [0.2, 0.25) is 0 Å². The van der Waals surface area contributed by atoms with Gasteiger partial charge in [-0.25, -0.2) is 0 Å². The molecule has 0 radical (unpaired) electrons. The molecule has 6 nitrogen and oxygen atoms in total. The van der Waals surface area contributed by atoms with Crippen LogP contribution in [-0.2, 0) is 19.1 Å². The zero-order chi connectivity index (χ0) is 21.7. The topological polar surface area (TPSA) is 89.5 Å². The molecule has 5 rings (SSSR count). The molecule has 4 aliphatic rings. The third-order valence-electron chi connectivity index (χ3n) is 6.71. The molecule has 4 aliphatic carbocycles. The van der Waals surface area contributed by atoms with Gasteiger partial charge in [-0.3, -0.25) is 13.8 Å². The maximum absolute atomic E-state index is 14.5. The van der Waals surface area contributed by atoms with Crippen molar-refractivity contribution in [2.24, 2.45) is 17.8 Å². The summed E-state index contributed by atoms with van der Waals surface area (Å²) in [4.78, 5) is 24.4. The van der Waals surface area contributed by atoms with E-state index in [0.717, 1.165) is 24.8 Å². The van der Waals surface area contributed by atoms with E-state index >= 15 is 0 Å². The normalized spacial score (nSPS) is 30.3.